The molecule has 0 saturated heterocycles. The van der Waals surface area contributed by atoms with Gasteiger partial charge in [-0.1, -0.05) is 13.8 Å². The quantitative estimate of drug-likeness (QED) is 0.778. The summed E-state index contributed by atoms with van der Waals surface area (Å²) < 4.78 is 37.7. The molecular weight excluding hydrogens is 247 g/mol. The molecule has 0 aliphatic carbocycles. The van der Waals surface area contributed by atoms with E-state index in [-0.39, 0.29) is 30.2 Å². The van der Waals surface area contributed by atoms with Crippen LogP contribution >= 0.6 is 0 Å². The Hall–Kier alpha value is -1.50. The molecule has 1 aromatic heterocycles. The lowest BCUT2D eigenvalue weighted by atomic mass is 10.1. The van der Waals surface area contributed by atoms with Gasteiger partial charge in [0, 0.05) is 0 Å². The van der Waals surface area contributed by atoms with E-state index >= 15 is 0 Å². The van der Waals surface area contributed by atoms with Gasteiger partial charge in [0.2, 0.25) is 0 Å². The minimum absolute atomic E-state index is 0.00933. The lowest BCUT2D eigenvalue weighted by molar-refractivity contribution is -0.137. The van der Waals surface area contributed by atoms with E-state index in [2.05, 4.69) is 10.3 Å². The van der Waals surface area contributed by atoms with E-state index in [1.165, 1.54) is 0 Å². The summed E-state index contributed by atoms with van der Waals surface area (Å²) in [6.45, 7) is 3.48. The number of anilines is 2. The highest BCUT2D eigenvalue weighted by Crippen LogP contribution is 2.31. The van der Waals surface area contributed by atoms with E-state index < -0.39 is 11.7 Å². The van der Waals surface area contributed by atoms with Crippen molar-refractivity contribution in [3.63, 3.8) is 0 Å². The Kier molecular flexibility index (Phi) is 4.39. The summed E-state index contributed by atoms with van der Waals surface area (Å²) in [5.74, 6) is -0.157. The second-order valence-electron chi connectivity index (χ2n) is 4.34. The Morgan fingerprint density at radius 3 is 2.44 bits per heavy atom. The number of hydrogen-bond acceptors (Lipinski definition) is 4. The number of nitrogens with two attached hydrogens (primary N) is 1. The molecule has 0 saturated carbocycles. The Bertz CT molecular complexity index is 407. The molecule has 0 fully saturated rings. The van der Waals surface area contributed by atoms with Gasteiger partial charge in [-0.15, -0.1) is 0 Å². The minimum Gasteiger partial charge on any atom is -0.394 e. The fraction of sp³-hybridized carbons (Fsp3) is 0.545. The van der Waals surface area contributed by atoms with Crippen molar-refractivity contribution in [2.75, 3.05) is 17.7 Å². The monoisotopic (exact) mass is 263 g/mol. The molecule has 102 valence electrons. The van der Waals surface area contributed by atoms with Crippen molar-refractivity contribution in [2.24, 2.45) is 5.92 Å². The summed E-state index contributed by atoms with van der Waals surface area (Å²) in [5, 5.41) is 11.9. The number of aliphatic hydroxyl groups excluding tert-OH is 1. The zero-order chi connectivity index (χ0) is 13.9. The van der Waals surface area contributed by atoms with Crippen LogP contribution in [0.1, 0.15) is 19.4 Å². The molecule has 7 heteroatoms. The number of aliphatic hydroxyl groups is 1. The number of halogens is 3. The lowest BCUT2D eigenvalue weighted by Gasteiger charge is -2.21. The molecule has 1 aromatic rings. The topological polar surface area (TPSA) is 71.2 Å². The molecule has 1 unspecified atom stereocenters. The molecule has 1 rings (SSSR count). The summed E-state index contributed by atoms with van der Waals surface area (Å²) in [5.41, 5.74) is 4.47. The zero-order valence-electron chi connectivity index (χ0n) is 10.1. The average molecular weight is 263 g/mol. The first-order valence-electron chi connectivity index (χ1n) is 5.46. The van der Waals surface area contributed by atoms with E-state index in [9.17, 15) is 13.2 Å². The summed E-state index contributed by atoms with van der Waals surface area (Å²) >= 11 is 0. The van der Waals surface area contributed by atoms with Crippen LogP contribution in [-0.2, 0) is 6.18 Å². The van der Waals surface area contributed by atoms with E-state index in [4.69, 9.17) is 10.8 Å². The Balaban J connectivity index is 3.00. The number of aromatic nitrogens is 1. The predicted octanol–water partition coefficient (Wildman–Crippen LogP) is 2.11. The highest BCUT2D eigenvalue weighted by atomic mass is 19.4. The van der Waals surface area contributed by atoms with Crippen molar-refractivity contribution in [1.29, 1.82) is 0 Å². The number of alkyl halides is 3. The van der Waals surface area contributed by atoms with E-state index in [1.807, 2.05) is 13.8 Å². The first-order chi connectivity index (χ1) is 8.24. The summed E-state index contributed by atoms with van der Waals surface area (Å²) in [6, 6.07) is 1.27. The van der Waals surface area contributed by atoms with Crippen LogP contribution in [0, 0.1) is 5.92 Å². The number of pyridine rings is 1. The van der Waals surface area contributed by atoms with Crippen LogP contribution in [0.4, 0.5) is 24.8 Å². The number of nitrogens with zero attached hydrogens (tertiary/aromatic N) is 1. The van der Waals surface area contributed by atoms with Crippen molar-refractivity contribution in [1.82, 2.24) is 4.98 Å². The second kappa shape index (κ2) is 5.43. The molecule has 4 nitrogen and oxygen atoms in total. The van der Waals surface area contributed by atoms with E-state index in [1.54, 1.807) is 0 Å². The van der Waals surface area contributed by atoms with Crippen LogP contribution in [-0.4, -0.2) is 22.7 Å². The van der Waals surface area contributed by atoms with Crippen LogP contribution < -0.4 is 11.1 Å². The minimum atomic E-state index is -4.47. The van der Waals surface area contributed by atoms with Crippen LogP contribution in [0.3, 0.4) is 0 Å². The van der Waals surface area contributed by atoms with Crippen molar-refractivity contribution < 1.29 is 18.3 Å². The maximum absolute atomic E-state index is 12.6. The molecule has 1 atom stereocenters. The third-order valence-electron chi connectivity index (χ3n) is 2.51. The Morgan fingerprint density at radius 1 is 1.39 bits per heavy atom. The van der Waals surface area contributed by atoms with Gasteiger partial charge >= 0.3 is 6.18 Å². The van der Waals surface area contributed by atoms with E-state index in [0.717, 1.165) is 12.1 Å². The number of nitrogens with one attached hydrogen (secondary N) is 1. The number of nitrogen functional groups attached to an aromatic ring is 1. The number of hydrogen-bond donors (Lipinski definition) is 3. The van der Waals surface area contributed by atoms with Crippen LogP contribution in [0.25, 0.3) is 0 Å². The fourth-order valence-electron chi connectivity index (χ4n) is 1.40. The molecule has 0 amide bonds. The van der Waals surface area contributed by atoms with Gasteiger partial charge in [-0.25, -0.2) is 4.98 Å². The molecule has 0 bridgehead atoms. The van der Waals surface area contributed by atoms with Gasteiger partial charge < -0.3 is 16.2 Å². The third-order valence-corrected chi connectivity index (χ3v) is 2.51. The molecule has 0 aliphatic heterocycles. The zero-order valence-corrected chi connectivity index (χ0v) is 10.1. The van der Waals surface area contributed by atoms with Gasteiger partial charge in [0.05, 0.1) is 18.2 Å². The average Bonchev–Trinajstić information content (AvgIpc) is 2.23. The Morgan fingerprint density at radius 2 is 2.00 bits per heavy atom. The molecule has 1 heterocycles. The highest BCUT2D eigenvalue weighted by molar-refractivity contribution is 5.48. The SMILES string of the molecule is CC(C)C(CO)Nc1cc(C(F)(F)F)cc(N)n1. The molecule has 0 spiro atoms. The lowest BCUT2D eigenvalue weighted by Crippen LogP contribution is -2.30. The summed E-state index contributed by atoms with van der Waals surface area (Å²) in [7, 11) is 0. The van der Waals surface area contributed by atoms with Crippen LogP contribution in [0.5, 0.6) is 0 Å². The normalized spacial score (nSPS) is 13.7. The predicted molar refractivity (Wildman–Crippen MR) is 63.0 cm³/mol. The number of rotatable bonds is 4. The highest BCUT2D eigenvalue weighted by Gasteiger charge is 2.31. The van der Waals surface area contributed by atoms with Gasteiger partial charge in [0.25, 0.3) is 0 Å². The summed E-state index contributed by atoms with van der Waals surface area (Å²) in [6.07, 6.45) is -4.47. The van der Waals surface area contributed by atoms with Crippen molar-refractivity contribution in [3.8, 4) is 0 Å². The molecule has 18 heavy (non-hydrogen) atoms. The van der Waals surface area contributed by atoms with Gasteiger partial charge in [0.1, 0.15) is 11.6 Å². The van der Waals surface area contributed by atoms with Crippen LogP contribution in [0.15, 0.2) is 12.1 Å². The van der Waals surface area contributed by atoms with Gasteiger partial charge in [-0.2, -0.15) is 13.2 Å². The largest absolute Gasteiger partial charge is 0.416 e. The van der Waals surface area contributed by atoms with Gasteiger partial charge in [-0.3, -0.25) is 0 Å². The molecule has 0 aliphatic rings. The van der Waals surface area contributed by atoms with Crippen molar-refractivity contribution in [2.45, 2.75) is 26.1 Å². The fourth-order valence-corrected chi connectivity index (χ4v) is 1.40. The first-order valence-corrected chi connectivity index (χ1v) is 5.46. The van der Waals surface area contributed by atoms with Crippen molar-refractivity contribution >= 4 is 11.6 Å². The Labute approximate surface area is 103 Å². The third kappa shape index (κ3) is 3.76. The van der Waals surface area contributed by atoms with Crippen molar-refractivity contribution in [3.05, 3.63) is 17.7 Å². The maximum Gasteiger partial charge on any atom is 0.416 e. The summed E-state index contributed by atoms with van der Waals surface area (Å²) in [4.78, 5) is 3.77. The molecule has 0 radical (unpaired) electrons. The van der Waals surface area contributed by atoms with Crippen LogP contribution in [0.2, 0.25) is 0 Å². The standard InChI is InChI=1S/C11H16F3N3O/c1-6(2)8(5-18)16-10-4-7(11(12,13)14)3-9(15)17-10/h3-4,6,8,18H,5H2,1-2H3,(H3,15,16,17). The van der Waals surface area contributed by atoms with E-state index in [0.29, 0.717) is 0 Å². The van der Waals surface area contributed by atoms with Gasteiger partial charge in [-0.05, 0) is 18.1 Å². The molecule has 0 aromatic carbocycles. The van der Waals surface area contributed by atoms with Gasteiger partial charge in [0.15, 0.2) is 0 Å². The molecule has 4 N–H and O–H groups in total. The first kappa shape index (κ1) is 14.6. The smallest absolute Gasteiger partial charge is 0.394 e. The molecular formula is C11H16F3N3O. The maximum atomic E-state index is 12.6. The second-order valence-corrected chi connectivity index (χ2v) is 4.34.